The molecule has 6 aliphatic heterocycles. The van der Waals surface area contributed by atoms with E-state index in [0.717, 1.165) is 86.5 Å². The Balaban J connectivity index is -0.000000322. The van der Waals surface area contributed by atoms with E-state index in [2.05, 4.69) is 83.0 Å². The molecule has 3 saturated carbocycles. The van der Waals surface area contributed by atoms with Gasteiger partial charge in [-0.15, -0.1) is 39.9 Å². The number of carbonyl (C=O) groups is 2. The fraction of sp³-hybridized carbons (Fsp3) is 0.746. The maximum absolute atomic E-state index is 12.3. The number of para-hydroxylation sites is 3. The van der Waals surface area contributed by atoms with E-state index < -0.39 is 70.6 Å². The summed E-state index contributed by atoms with van der Waals surface area (Å²) in [6.07, 6.45) is 13.7. The number of H-pyrrole nitrogens is 1. The molecule has 9 aliphatic rings. The number of aromatic amines is 1. The number of nitrogens with one attached hydrogen (secondary N) is 2. The van der Waals surface area contributed by atoms with E-state index in [4.69, 9.17) is 78.0 Å². The van der Waals surface area contributed by atoms with Crippen molar-refractivity contribution in [1.82, 2.24) is 57.2 Å². The van der Waals surface area contributed by atoms with E-state index in [-0.39, 0.29) is 206 Å². The van der Waals surface area contributed by atoms with Gasteiger partial charge in [-0.25, -0.2) is 76.7 Å². The van der Waals surface area contributed by atoms with Crippen molar-refractivity contribution in [2.24, 2.45) is 47.0 Å². The van der Waals surface area contributed by atoms with Gasteiger partial charge in [-0.05, 0) is 206 Å². The number of primary amides is 2. The fourth-order valence-electron chi connectivity index (χ4n) is 12.5. The summed E-state index contributed by atoms with van der Waals surface area (Å²) < 4.78 is 158. The van der Waals surface area contributed by atoms with Crippen LogP contribution in [0.1, 0.15) is 176 Å². The molecule has 4 aromatic rings. The number of aliphatic hydroxyl groups is 1. The van der Waals surface area contributed by atoms with Gasteiger partial charge in [-0.2, -0.15) is 36.5 Å². The number of alkyl halides is 3. The predicted molar refractivity (Wildman–Crippen MR) is 487 cm³/mol. The fourth-order valence-corrected chi connectivity index (χ4v) is 22.8. The van der Waals surface area contributed by atoms with Crippen LogP contribution in [-0.4, -0.2) is 346 Å². The van der Waals surface area contributed by atoms with E-state index in [0.29, 0.717) is 167 Å². The molecule has 3 aliphatic carbocycles. The Hall–Kier alpha value is -1.04. The van der Waals surface area contributed by atoms with Crippen LogP contribution in [0.25, 0.3) is 22.1 Å². The molecular weight excluding hydrogens is 2110 g/mol. The molecule has 34 nitrogen and oxygen atoms in total. The molecule has 1 unspecified atom stereocenters. The van der Waals surface area contributed by atoms with E-state index >= 15 is 0 Å². The third-order valence-corrected chi connectivity index (χ3v) is 32.7. The molecule has 2 aromatic heterocycles. The van der Waals surface area contributed by atoms with Crippen molar-refractivity contribution in [2.75, 3.05) is 113 Å². The van der Waals surface area contributed by atoms with Gasteiger partial charge in [-0.3, -0.25) is 14.2 Å². The van der Waals surface area contributed by atoms with Gasteiger partial charge >= 0.3 is 103 Å². The van der Waals surface area contributed by atoms with Gasteiger partial charge in [0.05, 0.1) is 62.8 Å². The average Bonchev–Trinajstić information content (AvgIpc) is 1.65. The Morgan fingerprint density at radius 2 is 0.793 bits per heavy atom. The van der Waals surface area contributed by atoms with Crippen LogP contribution in [0.15, 0.2) is 48.5 Å². The van der Waals surface area contributed by atoms with E-state index in [1.165, 1.54) is 15.5 Å². The summed E-state index contributed by atoms with van der Waals surface area (Å²) >= 11 is 30.0. The number of rotatable bonds is 21. The molecule has 1 atom stereocenters. The maximum atomic E-state index is 12.3. The van der Waals surface area contributed by atoms with E-state index in [1.54, 1.807) is 23.7 Å². The van der Waals surface area contributed by atoms with Crippen molar-refractivity contribution in [1.29, 1.82) is 21.0 Å². The summed E-state index contributed by atoms with van der Waals surface area (Å²) in [6, 6.07) is 23.5. The predicted octanol–water partition coefficient (Wildman–Crippen LogP) is 10.4. The Labute approximate surface area is 837 Å². The van der Waals surface area contributed by atoms with Crippen LogP contribution in [0.3, 0.4) is 0 Å². The Kier molecular flexibility index (Phi) is 62.1. The van der Waals surface area contributed by atoms with Crippen LogP contribution in [0.4, 0.5) is 0 Å². The number of carbonyl (C=O) groups excluding carboxylic acids is 2. The SMILES string of the molecule is C.C.C.CC#N.N#CC1CCN(S(=O)(=O)C2CC2)CC1.N#CC1CCN(S(=O)(=O)C2CC2)CC1.N#CC1CCN(S(=O)(=O)CCCCl)CC1.NC(=O)C1CCN(S(=O)(=O)CCCCl)CC1.NC(=O)C1CCNCC1.O=P(Cl)(Cl)Cl.O=S(=O)(C1CC1)N1CCC(C(O)n2nnc3ccccc32)CC1.O=S(=O)(Cl)CCCCl.[Ba+2].[Ba+2].[H-].[H-].[H-].[H-].c1ccc2n[nH]nc2c1. The quantitative estimate of drug-likeness (QED) is 0.0224. The summed E-state index contributed by atoms with van der Waals surface area (Å²) in [7, 11) is -13.9. The summed E-state index contributed by atoms with van der Waals surface area (Å²) in [6.45, 7) is 8.14. The molecule has 686 valence electrons. The number of halogens is 7. The average molecular weight is 2230 g/mol. The van der Waals surface area contributed by atoms with Gasteiger partial charge in [0.25, 0.3) is 0 Å². The van der Waals surface area contributed by atoms with Crippen LogP contribution in [-0.2, 0) is 73.3 Å². The number of hydrogen-bond acceptors (Lipinski definition) is 25. The molecular formula is C71H122Ba2Cl7N18O16PS6. The zero-order valence-electron chi connectivity index (χ0n) is 69.9. The molecule has 121 heavy (non-hydrogen) atoms. The minimum absolute atomic E-state index is 0. The summed E-state index contributed by atoms with van der Waals surface area (Å²) in [5.41, 5.74) is 13.7. The van der Waals surface area contributed by atoms with Crippen molar-refractivity contribution >= 4 is 275 Å². The smallest absolute Gasteiger partial charge is 1.00 e. The number of nitrogens with zero attached hydrogens (tertiary/aromatic N) is 14. The molecule has 7 N–H and O–H groups in total. The first-order valence-electron chi connectivity index (χ1n) is 37.9. The molecule has 8 heterocycles. The topological polar surface area (TPSA) is 524 Å². The third kappa shape index (κ3) is 46.1. The van der Waals surface area contributed by atoms with Crippen LogP contribution in [0.5, 0.6) is 0 Å². The molecule has 13 rings (SSSR count). The van der Waals surface area contributed by atoms with Crippen LogP contribution < -0.4 is 16.8 Å². The zero-order chi connectivity index (χ0) is 86.5. The van der Waals surface area contributed by atoms with Gasteiger partial charge in [0, 0.05) is 136 Å². The normalized spacial score (nSPS) is 19.1. The van der Waals surface area contributed by atoms with Crippen molar-refractivity contribution in [3.8, 4) is 24.3 Å². The van der Waals surface area contributed by atoms with Gasteiger partial charge in [0.15, 0.2) is 6.23 Å². The van der Waals surface area contributed by atoms with E-state index in [9.17, 15) is 69.8 Å². The maximum Gasteiger partial charge on any atom is 2.00 e. The number of benzene rings is 2. The Morgan fingerprint density at radius 3 is 1.08 bits per heavy atom. The monoisotopic (exact) mass is 2230 g/mol. The molecule has 0 bridgehead atoms. The first-order chi connectivity index (χ1) is 54.7. The molecule has 2 aromatic carbocycles. The molecule has 0 radical (unpaired) electrons. The van der Waals surface area contributed by atoms with Gasteiger partial charge in [0.1, 0.15) is 16.6 Å². The van der Waals surface area contributed by atoms with Crippen LogP contribution >= 0.6 is 84.4 Å². The molecule has 9 fully saturated rings. The molecule has 0 spiro atoms. The van der Waals surface area contributed by atoms with Crippen molar-refractivity contribution < 1.29 is 75.5 Å². The number of amides is 2. The molecule has 6 saturated heterocycles. The van der Waals surface area contributed by atoms with Gasteiger partial charge < -0.3 is 27.6 Å². The standard InChI is InChI=1S/C15H20N4O3S.C9H17ClN2O3S.C9H15ClN2O2S.2C9H14N2O2S.C6H5N3.C6H12N2O.C3H6Cl2O2S.C2H3N.3CH4.2Ba.Cl3OP.4H/c20-15(19-14-4-2-1-3-13(14)16-17-19)11-7-9-18(10-8-11)23(21,22)12-5-6-12;10-4-1-7-16(14,15)12-5-2-8(3-6-12)9(11)13;10-4-1-7-15(13,14)12-5-2-9(8-11)3-6-12;2*10-7-8-3-5-11(6-4-8)14(12,13)9-1-2-9;1-2-4-6-5(3-1)7-9-8-6;7-6(9)5-1-3-8-4-2-5;4-2-1-3-8(5,6)7;1-2-3;;;;;;1-5(2,3)4;;;;/h1-4,11-12,15,20H,5-10H2;8H,1-7H2,(H2,11,13);9H,1-7H2;2*8-9H,1-6H2;1-4H,(H,7,8,9);5,8H,1-4H2,(H2,7,9);1-3H2;1H3;3*1H4;;;;;;;/q;;;;;;;;;;;;2*+2;;4*-1. The van der Waals surface area contributed by atoms with Crippen LogP contribution in [0.2, 0.25) is 0 Å². The number of piperidine rings is 6. The second kappa shape index (κ2) is 61.6. The van der Waals surface area contributed by atoms with Gasteiger partial charge in [-0.1, -0.05) is 51.8 Å². The Bertz CT molecular complexity index is 4550. The number of hydrogen-bond donors (Lipinski definition) is 5. The molecule has 2 amide bonds. The number of aliphatic hydroxyl groups excluding tert-OH is 1. The summed E-state index contributed by atoms with van der Waals surface area (Å²) in [5.74, 6) is 0.817. The Morgan fingerprint density at radius 1 is 0.504 bits per heavy atom. The second-order valence-corrected chi connectivity index (χ2v) is 49.7. The number of nitriles is 4. The number of aromatic nitrogens is 6. The minimum Gasteiger partial charge on any atom is -1.00 e. The van der Waals surface area contributed by atoms with E-state index in [1.807, 2.05) is 48.5 Å². The second-order valence-electron chi connectivity index (χ2n) is 28.3. The van der Waals surface area contributed by atoms with Crippen LogP contribution in [0, 0.1) is 80.8 Å². The summed E-state index contributed by atoms with van der Waals surface area (Å²) in [5, 5.41) is 62.0. The first kappa shape index (κ1) is 122. The third-order valence-electron chi connectivity index (χ3n) is 19.6. The first-order valence-corrected chi connectivity index (χ1v) is 54.2. The van der Waals surface area contributed by atoms with Crippen molar-refractivity contribution in [3.63, 3.8) is 0 Å². The minimum atomic E-state index is -3.30. The largest absolute Gasteiger partial charge is 2.00 e. The number of fused-ring (bicyclic) bond motifs is 2. The molecule has 50 heteroatoms. The number of nitrogens with two attached hydrogens (primary N) is 2. The summed E-state index contributed by atoms with van der Waals surface area (Å²) in [4.78, 5) is 21.5. The number of sulfonamides is 5. The zero-order valence-corrected chi connectivity index (χ0v) is 85.9. The van der Waals surface area contributed by atoms with Crippen molar-refractivity contribution in [2.45, 2.75) is 186 Å². The van der Waals surface area contributed by atoms with Gasteiger partial charge in [0.2, 0.25) is 71.0 Å². The van der Waals surface area contributed by atoms with Crippen molar-refractivity contribution in [3.05, 3.63) is 48.5 Å².